The van der Waals surface area contributed by atoms with Gasteiger partial charge in [0, 0.05) is 36.9 Å². The van der Waals surface area contributed by atoms with Gasteiger partial charge in [-0.2, -0.15) is 0 Å². The summed E-state index contributed by atoms with van der Waals surface area (Å²) >= 11 is 0. The van der Waals surface area contributed by atoms with Crippen molar-refractivity contribution in [2.45, 2.75) is 13.8 Å². The Morgan fingerprint density at radius 1 is 1.14 bits per heavy atom. The molecule has 114 valence electrons. The summed E-state index contributed by atoms with van der Waals surface area (Å²) in [6.07, 6.45) is 1.80. The number of nitrogens with two attached hydrogens (primary N) is 1. The van der Waals surface area contributed by atoms with E-state index in [1.165, 1.54) is 5.69 Å². The van der Waals surface area contributed by atoms with Crippen LogP contribution in [0.1, 0.15) is 13.8 Å². The molecule has 4 heteroatoms. The van der Waals surface area contributed by atoms with Crippen LogP contribution in [0.5, 0.6) is 0 Å². The van der Waals surface area contributed by atoms with Crippen LogP contribution >= 0.6 is 0 Å². The molecule has 0 saturated heterocycles. The van der Waals surface area contributed by atoms with E-state index in [4.69, 9.17) is 5.73 Å². The fourth-order valence-corrected chi connectivity index (χ4v) is 2.53. The summed E-state index contributed by atoms with van der Waals surface area (Å²) in [6.45, 7) is 7.56. The zero-order valence-electron chi connectivity index (χ0n) is 13.5. The third kappa shape index (κ3) is 3.85. The fraction of sp³-hybridized carbons (Fsp3) is 0.471. The molecule has 0 aliphatic heterocycles. The Morgan fingerprint density at radius 3 is 2.57 bits per heavy atom. The molecule has 0 saturated carbocycles. The van der Waals surface area contributed by atoms with Crippen LogP contribution in [0, 0.1) is 5.92 Å². The first kappa shape index (κ1) is 15.6. The topological polar surface area (TPSA) is 45.4 Å². The predicted octanol–water partition coefficient (Wildman–Crippen LogP) is 2.84. The average Bonchev–Trinajstić information content (AvgIpc) is 2.44. The summed E-state index contributed by atoms with van der Waals surface area (Å²) in [7, 11) is 4.21. The van der Waals surface area contributed by atoms with Crippen molar-refractivity contribution in [2.24, 2.45) is 5.92 Å². The summed E-state index contributed by atoms with van der Waals surface area (Å²) < 4.78 is 0. The minimum absolute atomic E-state index is 0.608. The maximum atomic E-state index is 6.06. The fourth-order valence-electron chi connectivity index (χ4n) is 2.53. The van der Waals surface area contributed by atoms with Gasteiger partial charge in [-0.05, 0) is 44.3 Å². The predicted molar refractivity (Wildman–Crippen MR) is 91.8 cm³/mol. The van der Waals surface area contributed by atoms with E-state index < -0.39 is 0 Å². The monoisotopic (exact) mass is 286 g/mol. The lowest BCUT2D eigenvalue weighted by molar-refractivity contribution is 0.409. The molecule has 1 aromatic carbocycles. The van der Waals surface area contributed by atoms with E-state index in [-0.39, 0.29) is 0 Å². The van der Waals surface area contributed by atoms with Crippen molar-refractivity contribution in [3.63, 3.8) is 0 Å². The minimum atomic E-state index is 0.608. The first-order chi connectivity index (χ1) is 9.99. The molecule has 0 bridgehead atoms. The van der Waals surface area contributed by atoms with Crippen LogP contribution in [-0.4, -0.2) is 43.6 Å². The minimum Gasteiger partial charge on any atom is -0.397 e. The van der Waals surface area contributed by atoms with Crippen molar-refractivity contribution in [1.82, 2.24) is 9.88 Å². The molecule has 0 spiro atoms. The molecule has 0 amide bonds. The van der Waals surface area contributed by atoms with Crippen LogP contribution in [0.15, 0.2) is 30.5 Å². The first-order valence-electron chi connectivity index (χ1n) is 7.52. The third-order valence-corrected chi connectivity index (χ3v) is 3.52. The van der Waals surface area contributed by atoms with Gasteiger partial charge in [0.05, 0.1) is 11.2 Å². The zero-order chi connectivity index (χ0) is 15.4. The van der Waals surface area contributed by atoms with E-state index >= 15 is 0 Å². The Bertz CT molecular complexity index is 592. The highest BCUT2D eigenvalue weighted by atomic mass is 15.2. The van der Waals surface area contributed by atoms with Gasteiger partial charge in [0.1, 0.15) is 0 Å². The van der Waals surface area contributed by atoms with Gasteiger partial charge in [0.2, 0.25) is 0 Å². The SMILES string of the molecule is CC(C)CN(CCN(C)C)c1ccc(N)c2ncccc12. The summed E-state index contributed by atoms with van der Waals surface area (Å²) in [6, 6.07) is 8.17. The van der Waals surface area contributed by atoms with Gasteiger partial charge in [-0.3, -0.25) is 4.98 Å². The van der Waals surface area contributed by atoms with E-state index in [1.807, 2.05) is 12.1 Å². The van der Waals surface area contributed by atoms with E-state index in [1.54, 1.807) is 6.20 Å². The molecule has 2 rings (SSSR count). The van der Waals surface area contributed by atoms with Gasteiger partial charge in [-0.15, -0.1) is 0 Å². The molecular weight excluding hydrogens is 260 g/mol. The highest BCUT2D eigenvalue weighted by molar-refractivity contribution is 5.98. The van der Waals surface area contributed by atoms with Crippen molar-refractivity contribution in [1.29, 1.82) is 0 Å². The molecule has 2 N–H and O–H groups in total. The van der Waals surface area contributed by atoms with Gasteiger partial charge < -0.3 is 15.5 Å². The highest BCUT2D eigenvalue weighted by Gasteiger charge is 2.13. The van der Waals surface area contributed by atoms with E-state index in [0.29, 0.717) is 5.92 Å². The van der Waals surface area contributed by atoms with Gasteiger partial charge >= 0.3 is 0 Å². The third-order valence-electron chi connectivity index (χ3n) is 3.52. The van der Waals surface area contributed by atoms with Crippen molar-refractivity contribution < 1.29 is 0 Å². The number of likely N-dealkylation sites (N-methyl/N-ethyl adjacent to an activating group) is 1. The van der Waals surface area contributed by atoms with E-state index in [0.717, 1.165) is 36.2 Å². The molecule has 4 nitrogen and oxygen atoms in total. The quantitative estimate of drug-likeness (QED) is 0.829. The van der Waals surface area contributed by atoms with E-state index in [9.17, 15) is 0 Å². The van der Waals surface area contributed by atoms with Crippen molar-refractivity contribution in [3.05, 3.63) is 30.5 Å². The molecule has 0 radical (unpaired) electrons. The summed E-state index contributed by atoms with van der Waals surface area (Å²) in [5.74, 6) is 0.608. The lowest BCUT2D eigenvalue weighted by Gasteiger charge is -2.29. The summed E-state index contributed by atoms with van der Waals surface area (Å²) in [4.78, 5) is 9.09. The molecule has 1 aromatic heterocycles. The van der Waals surface area contributed by atoms with Crippen LogP contribution < -0.4 is 10.6 Å². The number of rotatable bonds is 6. The molecule has 2 aromatic rings. The lowest BCUT2D eigenvalue weighted by atomic mass is 10.1. The molecule has 0 unspecified atom stereocenters. The number of hydrogen-bond donors (Lipinski definition) is 1. The molecule has 0 aliphatic rings. The Hall–Kier alpha value is -1.81. The number of pyridine rings is 1. The average molecular weight is 286 g/mol. The largest absolute Gasteiger partial charge is 0.397 e. The maximum Gasteiger partial charge on any atom is 0.0951 e. The second-order valence-corrected chi connectivity index (χ2v) is 6.22. The van der Waals surface area contributed by atoms with Crippen molar-refractivity contribution in [2.75, 3.05) is 44.4 Å². The lowest BCUT2D eigenvalue weighted by Crippen LogP contribution is -2.34. The van der Waals surface area contributed by atoms with Gasteiger partial charge in [-0.25, -0.2) is 0 Å². The van der Waals surface area contributed by atoms with Crippen LogP contribution in [-0.2, 0) is 0 Å². The van der Waals surface area contributed by atoms with Crippen LogP contribution in [0.4, 0.5) is 11.4 Å². The molecule has 0 aliphatic carbocycles. The molecule has 1 heterocycles. The van der Waals surface area contributed by atoms with Gasteiger partial charge in [0.15, 0.2) is 0 Å². The number of nitrogens with zero attached hydrogens (tertiary/aromatic N) is 3. The standard InChI is InChI=1S/C17H26N4/c1-13(2)12-21(11-10-20(3)4)16-8-7-15(18)17-14(16)6-5-9-19-17/h5-9,13H,10-12,18H2,1-4H3. The molecule has 0 fully saturated rings. The normalized spacial score (nSPS) is 11.5. The number of aromatic nitrogens is 1. The second-order valence-electron chi connectivity index (χ2n) is 6.22. The second kappa shape index (κ2) is 6.76. The van der Waals surface area contributed by atoms with E-state index in [2.05, 4.69) is 54.9 Å². The molecule has 0 atom stereocenters. The van der Waals surface area contributed by atoms with Gasteiger partial charge in [0.25, 0.3) is 0 Å². The summed E-state index contributed by atoms with van der Waals surface area (Å²) in [5.41, 5.74) is 8.92. The van der Waals surface area contributed by atoms with Crippen molar-refractivity contribution in [3.8, 4) is 0 Å². The maximum absolute atomic E-state index is 6.06. The zero-order valence-corrected chi connectivity index (χ0v) is 13.5. The van der Waals surface area contributed by atoms with Crippen LogP contribution in [0.25, 0.3) is 10.9 Å². The number of nitrogen functional groups attached to an aromatic ring is 1. The van der Waals surface area contributed by atoms with Crippen LogP contribution in [0.2, 0.25) is 0 Å². The van der Waals surface area contributed by atoms with Crippen molar-refractivity contribution >= 4 is 22.3 Å². The van der Waals surface area contributed by atoms with Crippen LogP contribution in [0.3, 0.4) is 0 Å². The molecule has 21 heavy (non-hydrogen) atoms. The number of benzene rings is 1. The number of anilines is 2. The highest BCUT2D eigenvalue weighted by Crippen LogP contribution is 2.29. The Morgan fingerprint density at radius 2 is 1.90 bits per heavy atom. The smallest absolute Gasteiger partial charge is 0.0951 e. The Balaban J connectivity index is 2.41. The van der Waals surface area contributed by atoms with Gasteiger partial charge in [-0.1, -0.05) is 13.8 Å². The Labute approximate surface area is 127 Å². The first-order valence-corrected chi connectivity index (χ1v) is 7.52. The summed E-state index contributed by atoms with van der Waals surface area (Å²) in [5, 5.41) is 1.14. The number of fused-ring (bicyclic) bond motifs is 1. The molecular formula is C17H26N4. The Kier molecular flexibility index (Phi) is 5.02. The number of hydrogen-bond acceptors (Lipinski definition) is 4.